The van der Waals surface area contributed by atoms with E-state index in [1.165, 1.54) is 15.4 Å². The number of quaternary nitrogens is 1. The first kappa shape index (κ1) is 21.2. The van der Waals surface area contributed by atoms with Gasteiger partial charge in [-0.15, -0.1) is 0 Å². The zero-order valence-electron chi connectivity index (χ0n) is 17.5. The molecule has 2 atom stereocenters. The Hall–Kier alpha value is -3.03. The van der Waals surface area contributed by atoms with E-state index in [0.717, 1.165) is 19.6 Å². The standard InChI is InChI=1S/C24H27N3O4/c28-22(11-6-12-27-23(29)20-9-4-5-10-21(20)24(27)30)25-15-19-17-26(13-14-31-19)16-18-7-2-1-3-8-18/h1-5,7-10,19H,6,11-17H2,(H,25,28)/p+1/t19-/m0/s1. The molecule has 0 aromatic heterocycles. The van der Waals surface area contributed by atoms with Gasteiger partial charge in [-0.1, -0.05) is 42.5 Å². The minimum Gasteiger partial charge on any atom is -0.365 e. The molecule has 2 heterocycles. The number of hydrogen-bond donors (Lipinski definition) is 2. The molecule has 2 aliphatic heterocycles. The molecule has 1 fully saturated rings. The molecule has 2 aromatic carbocycles. The molecule has 0 saturated carbocycles. The second kappa shape index (κ2) is 9.85. The summed E-state index contributed by atoms with van der Waals surface area (Å²) >= 11 is 0. The number of morpholine rings is 1. The van der Waals surface area contributed by atoms with E-state index in [0.29, 0.717) is 30.7 Å². The number of nitrogens with one attached hydrogen (secondary N) is 2. The minimum atomic E-state index is -0.280. The summed E-state index contributed by atoms with van der Waals surface area (Å²) < 4.78 is 5.81. The van der Waals surface area contributed by atoms with Gasteiger partial charge in [0.1, 0.15) is 25.7 Å². The zero-order chi connectivity index (χ0) is 21.6. The van der Waals surface area contributed by atoms with E-state index in [1.807, 2.05) is 6.07 Å². The van der Waals surface area contributed by atoms with Crippen molar-refractivity contribution >= 4 is 17.7 Å². The summed E-state index contributed by atoms with van der Waals surface area (Å²) in [7, 11) is 0. The van der Waals surface area contributed by atoms with Gasteiger partial charge in [0.2, 0.25) is 5.91 Å². The lowest BCUT2D eigenvalue weighted by Gasteiger charge is -2.30. The summed E-state index contributed by atoms with van der Waals surface area (Å²) in [5.74, 6) is -0.647. The molecule has 31 heavy (non-hydrogen) atoms. The van der Waals surface area contributed by atoms with Crippen LogP contribution in [0.3, 0.4) is 0 Å². The Morgan fingerprint density at radius 1 is 1.03 bits per heavy atom. The zero-order valence-corrected chi connectivity index (χ0v) is 17.5. The molecule has 7 heteroatoms. The van der Waals surface area contributed by atoms with E-state index >= 15 is 0 Å². The summed E-state index contributed by atoms with van der Waals surface area (Å²) in [5.41, 5.74) is 2.18. The summed E-state index contributed by atoms with van der Waals surface area (Å²) in [6, 6.07) is 17.2. The van der Waals surface area contributed by atoms with Crippen LogP contribution in [0.1, 0.15) is 39.1 Å². The largest absolute Gasteiger partial charge is 0.365 e. The third-order valence-electron chi connectivity index (χ3n) is 5.81. The van der Waals surface area contributed by atoms with Crippen LogP contribution in [-0.2, 0) is 16.1 Å². The molecule has 162 valence electrons. The van der Waals surface area contributed by atoms with Crippen LogP contribution in [0.2, 0.25) is 0 Å². The Bertz CT molecular complexity index is 912. The highest BCUT2D eigenvalue weighted by Crippen LogP contribution is 2.22. The molecule has 4 rings (SSSR count). The van der Waals surface area contributed by atoms with Crippen LogP contribution >= 0.6 is 0 Å². The Kier molecular flexibility index (Phi) is 6.74. The Morgan fingerprint density at radius 3 is 2.42 bits per heavy atom. The molecular weight excluding hydrogens is 394 g/mol. The number of rotatable bonds is 8. The van der Waals surface area contributed by atoms with Gasteiger partial charge in [-0.25, -0.2) is 0 Å². The highest BCUT2D eigenvalue weighted by Gasteiger charge is 2.34. The molecule has 2 N–H and O–H groups in total. The van der Waals surface area contributed by atoms with Gasteiger partial charge in [0.05, 0.1) is 17.7 Å². The SMILES string of the molecule is O=C(CCCN1C(=O)c2ccccc2C1=O)NC[C@H]1C[NH+](Cc2ccccc2)CCO1. The summed E-state index contributed by atoms with van der Waals surface area (Å²) in [4.78, 5) is 39.7. The fourth-order valence-electron chi connectivity index (χ4n) is 4.19. The predicted octanol–water partition coefficient (Wildman–Crippen LogP) is 0.663. The Morgan fingerprint density at radius 2 is 1.71 bits per heavy atom. The van der Waals surface area contributed by atoms with Crippen LogP contribution in [0.25, 0.3) is 0 Å². The fraction of sp³-hybridized carbons (Fsp3) is 0.375. The molecule has 0 radical (unpaired) electrons. The Labute approximate surface area is 182 Å². The lowest BCUT2D eigenvalue weighted by atomic mass is 10.1. The number of hydrogen-bond acceptors (Lipinski definition) is 4. The summed E-state index contributed by atoms with van der Waals surface area (Å²) in [6.45, 7) is 4.17. The van der Waals surface area contributed by atoms with E-state index in [1.54, 1.807) is 24.3 Å². The molecule has 3 amide bonds. The van der Waals surface area contributed by atoms with Crippen molar-refractivity contribution in [1.82, 2.24) is 10.2 Å². The van der Waals surface area contributed by atoms with Gasteiger partial charge in [0, 0.05) is 25.1 Å². The Balaban J connectivity index is 1.17. The number of imide groups is 1. The topological polar surface area (TPSA) is 80.2 Å². The first-order valence-electron chi connectivity index (χ1n) is 10.8. The number of carbonyl (C=O) groups excluding carboxylic acids is 3. The van der Waals surface area contributed by atoms with Gasteiger partial charge in [0.15, 0.2) is 0 Å². The van der Waals surface area contributed by atoms with E-state index in [9.17, 15) is 14.4 Å². The molecule has 7 nitrogen and oxygen atoms in total. The van der Waals surface area contributed by atoms with Crippen LogP contribution in [0.5, 0.6) is 0 Å². The van der Waals surface area contributed by atoms with Gasteiger partial charge in [0.25, 0.3) is 11.8 Å². The van der Waals surface area contributed by atoms with Crippen molar-refractivity contribution in [2.24, 2.45) is 0 Å². The maximum Gasteiger partial charge on any atom is 0.261 e. The van der Waals surface area contributed by atoms with Crippen LogP contribution in [-0.4, -0.2) is 61.5 Å². The lowest BCUT2D eigenvalue weighted by molar-refractivity contribution is -0.925. The maximum absolute atomic E-state index is 12.4. The van der Waals surface area contributed by atoms with Crippen molar-refractivity contribution in [1.29, 1.82) is 0 Å². The summed E-state index contributed by atoms with van der Waals surface area (Å²) in [6.07, 6.45) is 0.696. The van der Waals surface area contributed by atoms with Gasteiger partial charge < -0.3 is 15.0 Å². The molecule has 1 saturated heterocycles. The minimum absolute atomic E-state index is 0.00681. The fourth-order valence-corrected chi connectivity index (χ4v) is 4.19. The van der Waals surface area contributed by atoms with Crippen LogP contribution in [0, 0.1) is 0 Å². The molecule has 0 aliphatic carbocycles. The van der Waals surface area contributed by atoms with Crippen molar-refractivity contribution < 1.29 is 24.0 Å². The molecular formula is C24H28N3O4+. The normalized spacial score (nSPS) is 20.6. The lowest BCUT2D eigenvalue weighted by Crippen LogP contribution is -3.13. The molecule has 0 spiro atoms. The number of fused-ring (bicyclic) bond motifs is 1. The van der Waals surface area contributed by atoms with Crippen molar-refractivity contribution in [3.05, 3.63) is 71.3 Å². The average molecular weight is 423 g/mol. The third-order valence-corrected chi connectivity index (χ3v) is 5.81. The van der Waals surface area contributed by atoms with Crippen molar-refractivity contribution in [2.45, 2.75) is 25.5 Å². The second-order valence-electron chi connectivity index (χ2n) is 8.07. The molecule has 2 aliphatic rings. The van der Waals surface area contributed by atoms with Crippen LogP contribution in [0.15, 0.2) is 54.6 Å². The number of nitrogens with zero attached hydrogens (tertiary/aromatic N) is 1. The first-order valence-corrected chi connectivity index (χ1v) is 10.8. The van der Waals surface area contributed by atoms with E-state index in [-0.39, 0.29) is 36.8 Å². The quantitative estimate of drug-likeness (QED) is 0.613. The molecule has 0 bridgehead atoms. The van der Waals surface area contributed by atoms with E-state index in [4.69, 9.17) is 4.74 Å². The van der Waals surface area contributed by atoms with Gasteiger partial charge in [-0.3, -0.25) is 19.3 Å². The van der Waals surface area contributed by atoms with Gasteiger partial charge in [-0.05, 0) is 18.6 Å². The van der Waals surface area contributed by atoms with Crippen molar-refractivity contribution in [2.75, 3.05) is 32.8 Å². The second-order valence-corrected chi connectivity index (χ2v) is 8.07. The van der Waals surface area contributed by atoms with Crippen molar-refractivity contribution in [3.8, 4) is 0 Å². The van der Waals surface area contributed by atoms with E-state index in [2.05, 4.69) is 29.6 Å². The highest BCUT2D eigenvalue weighted by atomic mass is 16.5. The van der Waals surface area contributed by atoms with Crippen molar-refractivity contribution in [3.63, 3.8) is 0 Å². The molecule has 1 unspecified atom stereocenters. The van der Waals surface area contributed by atoms with Gasteiger partial charge in [-0.2, -0.15) is 0 Å². The smallest absolute Gasteiger partial charge is 0.261 e. The average Bonchev–Trinajstić information content (AvgIpc) is 3.04. The van der Waals surface area contributed by atoms with Crippen LogP contribution in [0.4, 0.5) is 0 Å². The number of benzene rings is 2. The first-order chi connectivity index (χ1) is 15.1. The molecule has 2 aromatic rings. The summed E-state index contributed by atoms with van der Waals surface area (Å²) in [5, 5.41) is 2.94. The van der Waals surface area contributed by atoms with E-state index < -0.39 is 0 Å². The third kappa shape index (κ3) is 5.18. The monoisotopic (exact) mass is 422 g/mol. The van der Waals surface area contributed by atoms with Gasteiger partial charge >= 0.3 is 0 Å². The highest BCUT2D eigenvalue weighted by molar-refractivity contribution is 6.21. The predicted molar refractivity (Wildman–Crippen MR) is 115 cm³/mol. The number of amides is 3. The number of carbonyl (C=O) groups is 3. The number of ether oxygens (including phenoxy) is 1. The maximum atomic E-state index is 12.4. The van der Waals surface area contributed by atoms with Crippen LogP contribution < -0.4 is 10.2 Å².